The first kappa shape index (κ1) is 13.8. The van der Waals surface area contributed by atoms with Gasteiger partial charge in [0.2, 0.25) is 5.91 Å². The van der Waals surface area contributed by atoms with Gasteiger partial charge in [0.05, 0.1) is 0 Å². The second-order valence-corrected chi connectivity index (χ2v) is 5.31. The van der Waals surface area contributed by atoms with Crippen LogP contribution < -0.4 is 0 Å². The maximum Gasteiger partial charge on any atom is 0.225 e. The second kappa shape index (κ2) is 6.50. The van der Waals surface area contributed by atoms with Gasteiger partial charge in [-0.3, -0.25) is 9.59 Å². The number of carbonyl (C=O) groups excluding carboxylic acids is 2. The summed E-state index contributed by atoms with van der Waals surface area (Å²) in [4.78, 5) is 25.2. The average molecular weight is 259 g/mol. The van der Waals surface area contributed by atoms with E-state index in [-0.39, 0.29) is 11.8 Å². The van der Waals surface area contributed by atoms with Crippen LogP contribution in [0.4, 0.5) is 0 Å². The molecule has 0 radical (unpaired) electrons. The van der Waals surface area contributed by atoms with Crippen molar-refractivity contribution in [2.24, 2.45) is 5.92 Å². The molecule has 1 aromatic carbocycles. The maximum absolute atomic E-state index is 12.2. The monoisotopic (exact) mass is 259 g/mol. The molecule has 102 valence electrons. The van der Waals surface area contributed by atoms with E-state index in [1.807, 2.05) is 30.1 Å². The molecular weight excluding hydrogens is 238 g/mol. The molecular formula is C16H21NO2. The van der Waals surface area contributed by atoms with Crippen LogP contribution >= 0.6 is 0 Å². The molecule has 1 aliphatic carbocycles. The van der Waals surface area contributed by atoms with Gasteiger partial charge in [0.15, 0.2) is 0 Å². The Balaban J connectivity index is 1.81. The zero-order valence-corrected chi connectivity index (χ0v) is 11.5. The van der Waals surface area contributed by atoms with Crippen molar-refractivity contribution < 1.29 is 9.59 Å². The lowest BCUT2D eigenvalue weighted by Crippen LogP contribution is -2.36. The molecule has 0 heterocycles. The summed E-state index contributed by atoms with van der Waals surface area (Å²) in [6.45, 7) is 0.743. The van der Waals surface area contributed by atoms with Gasteiger partial charge in [-0.15, -0.1) is 0 Å². The summed E-state index contributed by atoms with van der Waals surface area (Å²) < 4.78 is 0. The lowest BCUT2D eigenvalue weighted by Gasteiger charge is -2.26. The van der Waals surface area contributed by atoms with E-state index in [4.69, 9.17) is 0 Å². The van der Waals surface area contributed by atoms with Crippen LogP contribution in [0.5, 0.6) is 0 Å². The molecule has 1 aromatic rings. The fraction of sp³-hybridized carbons (Fsp3) is 0.500. The van der Waals surface area contributed by atoms with E-state index in [2.05, 4.69) is 12.1 Å². The van der Waals surface area contributed by atoms with E-state index in [1.54, 1.807) is 0 Å². The van der Waals surface area contributed by atoms with Crippen LogP contribution in [0, 0.1) is 5.92 Å². The molecule has 3 heteroatoms. The second-order valence-electron chi connectivity index (χ2n) is 5.31. The number of carbonyl (C=O) groups is 2. The predicted octanol–water partition coefficient (Wildman–Crippen LogP) is 2.45. The molecule has 3 nitrogen and oxygen atoms in total. The summed E-state index contributed by atoms with van der Waals surface area (Å²) in [5.41, 5.74) is 1.25. The van der Waals surface area contributed by atoms with Gasteiger partial charge in [0.1, 0.15) is 5.78 Å². The highest BCUT2D eigenvalue weighted by Gasteiger charge is 2.26. The maximum atomic E-state index is 12.2. The van der Waals surface area contributed by atoms with Crippen molar-refractivity contribution in [2.75, 3.05) is 13.6 Å². The van der Waals surface area contributed by atoms with Crippen molar-refractivity contribution >= 4 is 11.7 Å². The van der Waals surface area contributed by atoms with Crippen LogP contribution in [0.15, 0.2) is 30.3 Å². The number of rotatable bonds is 4. The first-order valence-corrected chi connectivity index (χ1v) is 6.97. The van der Waals surface area contributed by atoms with E-state index >= 15 is 0 Å². The van der Waals surface area contributed by atoms with Crippen LogP contribution in [-0.4, -0.2) is 30.2 Å². The molecule has 0 bridgehead atoms. The number of likely N-dealkylation sites (N-methyl/N-ethyl adjacent to an activating group) is 1. The Morgan fingerprint density at radius 1 is 1.21 bits per heavy atom. The Bertz CT molecular complexity index is 431. The molecule has 19 heavy (non-hydrogen) atoms. The minimum atomic E-state index is 0.0541. The third kappa shape index (κ3) is 3.91. The van der Waals surface area contributed by atoms with Gasteiger partial charge in [-0.1, -0.05) is 30.3 Å². The topological polar surface area (TPSA) is 37.4 Å². The van der Waals surface area contributed by atoms with Crippen LogP contribution in [0.25, 0.3) is 0 Å². The molecule has 1 aliphatic rings. The summed E-state index contributed by atoms with van der Waals surface area (Å²) >= 11 is 0. The van der Waals surface area contributed by atoms with Crippen LogP contribution in [0.2, 0.25) is 0 Å². The van der Waals surface area contributed by atoms with Crippen LogP contribution in [-0.2, 0) is 16.0 Å². The number of hydrogen-bond acceptors (Lipinski definition) is 2. The highest BCUT2D eigenvalue weighted by molar-refractivity contribution is 5.84. The summed E-state index contributed by atoms with van der Waals surface area (Å²) in [6.07, 6.45) is 3.49. The average Bonchev–Trinajstić information content (AvgIpc) is 2.46. The Kier molecular flexibility index (Phi) is 4.72. The van der Waals surface area contributed by atoms with Gasteiger partial charge in [-0.2, -0.15) is 0 Å². The SMILES string of the molecule is CN(CCc1ccccc1)C(=O)C1CCC(=O)CC1. The third-order valence-electron chi connectivity index (χ3n) is 3.85. The first-order chi connectivity index (χ1) is 9.16. The molecule has 0 aliphatic heterocycles. The number of benzene rings is 1. The van der Waals surface area contributed by atoms with Crippen molar-refractivity contribution in [3.8, 4) is 0 Å². The molecule has 0 N–H and O–H groups in total. The highest BCUT2D eigenvalue weighted by Crippen LogP contribution is 2.23. The van der Waals surface area contributed by atoms with Gasteiger partial charge in [-0.25, -0.2) is 0 Å². The molecule has 0 aromatic heterocycles. The zero-order chi connectivity index (χ0) is 13.7. The summed E-state index contributed by atoms with van der Waals surface area (Å²) in [5.74, 6) is 0.554. The molecule has 0 unspecified atom stereocenters. The molecule has 2 rings (SSSR count). The molecule has 1 amide bonds. The van der Waals surface area contributed by atoms with E-state index in [1.165, 1.54) is 5.56 Å². The number of Topliss-reactive ketones (excluding diaryl/α,β-unsaturated/α-hetero) is 1. The van der Waals surface area contributed by atoms with Gasteiger partial charge >= 0.3 is 0 Å². The van der Waals surface area contributed by atoms with Gasteiger partial charge in [-0.05, 0) is 24.8 Å². The molecule has 0 spiro atoms. The van der Waals surface area contributed by atoms with E-state index in [0.717, 1.165) is 25.8 Å². The number of nitrogens with zero attached hydrogens (tertiary/aromatic N) is 1. The minimum absolute atomic E-state index is 0.0541. The lowest BCUT2D eigenvalue weighted by molar-refractivity contribution is -0.136. The molecule has 1 saturated carbocycles. The van der Waals surface area contributed by atoms with E-state index in [0.29, 0.717) is 18.6 Å². The Morgan fingerprint density at radius 3 is 2.47 bits per heavy atom. The highest BCUT2D eigenvalue weighted by atomic mass is 16.2. The Labute approximate surface area is 114 Å². The standard InChI is InChI=1S/C16H21NO2/c1-17(12-11-13-5-3-2-4-6-13)16(19)14-7-9-15(18)10-8-14/h2-6,14H,7-12H2,1H3. The minimum Gasteiger partial charge on any atom is -0.345 e. The summed E-state index contributed by atoms with van der Waals surface area (Å²) in [6, 6.07) is 10.2. The fourth-order valence-electron chi connectivity index (χ4n) is 2.55. The number of ketones is 1. The van der Waals surface area contributed by atoms with Crippen molar-refractivity contribution in [1.29, 1.82) is 0 Å². The van der Waals surface area contributed by atoms with Crippen molar-refractivity contribution in [3.63, 3.8) is 0 Å². The van der Waals surface area contributed by atoms with Crippen molar-refractivity contribution in [3.05, 3.63) is 35.9 Å². The van der Waals surface area contributed by atoms with Gasteiger partial charge < -0.3 is 4.90 Å². The zero-order valence-electron chi connectivity index (χ0n) is 11.5. The lowest BCUT2D eigenvalue weighted by atomic mass is 9.87. The molecule has 0 saturated heterocycles. The van der Waals surface area contributed by atoms with E-state index < -0.39 is 0 Å². The smallest absolute Gasteiger partial charge is 0.225 e. The largest absolute Gasteiger partial charge is 0.345 e. The molecule has 1 fully saturated rings. The number of hydrogen-bond donors (Lipinski definition) is 0. The predicted molar refractivity (Wildman–Crippen MR) is 74.7 cm³/mol. The first-order valence-electron chi connectivity index (χ1n) is 6.97. The Hall–Kier alpha value is -1.64. The number of amides is 1. The quantitative estimate of drug-likeness (QED) is 0.833. The van der Waals surface area contributed by atoms with Crippen LogP contribution in [0.3, 0.4) is 0 Å². The fourth-order valence-corrected chi connectivity index (χ4v) is 2.55. The summed E-state index contributed by atoms with van der Waals surface area (Å²) in [7, 11) is 1.86. The van der Waals surface area contributed by atoms with Gasteiger partial charge in [0.25, 0.3) is 0 Å². The Morgan fingerprint density at radius 2 is 1.84 bits per heavy atom. The molecule has 0 atom stereocenters. The normalized spacial score (nSPS) is 16.4. The van der Waals surface area contributed by atoms with Crippen LogP contribution in [0.1, 0.15) is 31.2 Å². The van der Waals surface area contributed by atoms with E-state index in [9.17, 15) is 9.59 Å². The third-order valence-corrected chi connectivity index (χ3v) is 3.85. The van der Waals surface area contributed by atoms with Crippen molar-refractivity contribution in [2.45, 2.75) is 32.1 Å². The van der Waals surface area contributed by atoms with Crippen molar-refractivity contribution in [1.82, 2.24) is 4.90 Å². The van der Waals surface area contributed by atoms with Gasteiger partial charge in [0, 0.05) is 32.4 Å². The summed E-state index contributed by atoms with van der Waals surface area (Å²) in [5, 5.41) is 0.